The van der Waals surface area contributed by atoms with E-state index in [4.69, 9.17) is 16.3 Å². The number of benzene rings is 3. The molecule has 2 amide bonds. The molecule has 3 rings (SSSR count). The molecule has 0 heterocycles. The fourth-order valence-electron chi connectivity index (χ4n) is 4.25. The third-order valence-electron chi connectivity index (χ3n) is 6.10. The molecule has 40 heavy (non-hydrogen) atoms. The van der Waals surface area contributed by atoms with Crippen molar-refractivity contribution in [2.45, 2.75) is 45.3 Å². The molecular weight excluding hydrogens is 550 g/mol. The van der Waals surface area contributed by atoms with Gasteiger partial charge >= 0.3 is 0 Å². The van der Waals surface area contributed by atoms with E-state index in [-0.39, 0.29) is 24.6 Å². The molecule has 3 aromatic rings. The van der Waals surface area contributed by atoms with Crippen molar-refractivity contribution in [1.82, 2.24) is 10.2 Å². The van der Waals surface area contributed by atoms with Gasteiger partial charge in [0, 0.05) is 23.5 Å². The van der Waals surface area contributed by atoms with Gasteiger partial charge in [0.1, 0.15) is 18.3 Å². The summed E-state index contributed by atoms with van der Waals surface area (Å²) in [5, 5.41) is 3.42. The van der Waals surface area contributed by atoms with Crippen LogP contribution in [0.2, 0.25) is 5.02 Å². The summed E-state index contributed by atoms with van der Waals surface area (Å²) >= 11 is 6.48. The second-order valence-corrected chi connectivity index (χ2v) is 12.8. The number of amides is 2. The number of hydrogen-bond donors (Lipinski definition) is 1. The van der Waals surface area contributed by atoms with Crippen molar-refractivity contribution in [2.24, 2.45) is 0 Å². The number of methoxy groups -OCH3 is 1. The monoisotopic (exact) mass is 585 g/mol. The minimum Gasteiger partial charge on any atom is -0.495 e. The van der Waals surface area contributed by atoms with Crippen LogP contribution in [0.1, 0.15) is 31.9 Å². The molecule has 0 aliphatic rings. The van der Waals surface area contributed by atoms with Crippen LogP contribution in [-0.2, 0) is 32.6 Å². The predicted octanol–water partition coefficient (Wildman–Crippen LogP) is 4.67. The summed E-state index contributed by atoms with van der Waals surface area (Å²) in [7, 11) is -2.49. The molecule has 1 atom stereocenters. The lowest BCUT2D eigenvalue weighted by Gasteiger charge is -2.35. The molecule has 0 bridgehead atoms. The van der Waals surface area contributed by atoms with Crippen molar-refractivity contribution in [3.8, 4) is 5.75 Å². The predicted molar refractivity (Wildman–Crippen MR) is 159 cm³/mol. The molecule has 0 spiro atoms. The Hall–Kier alpha value is -3.56. The molecule has 0 saturated carbocycles. The maximum Gasteiger partial charge on any atom is 0.244 e. The van der Waals surface area contributed by atoms with Crippen LogP contribution in [0.3, 0.4) is 0 Å². The van der Waals surface area contributed by atoms with Gasteiger partial charge in [-0.05, 0) is 50.1 Å². The Morgan fingerprint density at radius 1 is 0.950 bits per heavy atom. The number of carbonyl (C=O) groups is 2. The zero-order valence-electron chi connectivity index (χ0n) is 23.4. The third-order valence-corrected chi connectivity index (χ3v) is 7.60. The fraction of sp³-hybridized carbons (Fsp3) is 0.333. The zero-order chi connectivity index (χ0) is 29.5. The quantitative estimate of drug-likeness (QED) is 0.353. The first kappa shape index (κ1) is 31.0. The molecule has 0 aromatic heterocycles. The van der Waals surface area contributed by atoms with Crippen LogP contribution < -0.4 is 14.4 Å². The number of carbonyl (C=O) groups excluding carboxylic acids is 2. The van der Waals surface area contributed by atoms with E-state index < -0.39 is 34.1 Å². The van der Waals surface area contributed by atoms with Gasteiger partial charge in [-0.1, -0.05) is 72.3 Å². The molecule has 0 aliphatic carbocycles. The molecule has 0 fully saturated rings. The van der Waals surface area contributed by atoms with E-state index in [0.717, 1.165) is 16.1 Å². The van der Waals surface area contributed by atoms with Crippen molar-refractivity contribution < 1.29 is 22.7 Å². The second-order valence-electron chi connectivity index (χ2n) is 10.5. The number of nitrogens with zero attached hydrogens (tertiary/aromatic N) is 2. The zero-order valence-corrected chi connectivity index (χ0v) is 25.0. The normalized spacial score (nSPS) is 12.3. The molecule has 3 aromatic carbocycles. The summed E-state index contributed by atoms with van der Waals surface area (Å²) in [6, 6.07) is 22.0. The Morgan fingerprint density at radius 2 is 1.55 bits per heavy atom. The smallest absolute Gasteiger partial charge is 0.244 e. The lowest BCUT2D eigenvalue weighted by molar-refractivity contribution is -0.140. The summed E-state index contributed by atoms with van der Waals surface area (Å²) in [5.41, 5.74) is 1.12. The molecule has 0 radical (unpaired) electrons. The van der Waals surface area contributed by atoms with E-state index in [1.807, 2.05) is 51.1 Å². The summed E-state index contributed by atoms with van der Waals surface area (Å²) < 4.78 is 32.3. The van der Waals surface area contributed by atoms with Gasteiger partial charge < -0.3 is 15.0 Å². The van der Waals surface area contributed by atoms with E-state index in [0.29, 0.717) is 16.3 Å². The Labute approximate surface area is 241 Å². The maximum absolute atomic E-state index is 14.1. The Kier molecular flexibility index (Phi) is 10.2. The van der Waals surface area contributed by atoms with Crippen LogP contribution in [0.4, 0.5) is 5.69 Å². The molecule has 214 valence electrons. The first-order chi connectivity index (χ1) is 18.8. The average Bonchev–Trinajstić information content (AvgIpc) is 2.89. The van der Waals surface area contributed by atoms with Crippen LogP contribution in [-0.4, -0.2) is 56.6 Å². The Balaban J connectivity index is 2.11. The van der Waals surface area contributed by atoms with Crippen molar-refractivity contribution in [3.05, 3.63) is 95.0 Å². The van der Waals surface area contributed by atoms with Crippen LogP contribution in [0, 0.1) is 0 Å². The van der Waals surface area contributed by atoms with Gasteiger partial charge in [0.2, 0.25) is 21.8 Å². The molecule has 0 unspecified atom stereocenters. The molecule has 8 nitrogen and oxygen atoms in total. The number of halogens is 1. The Morgan fingerprint density at radius 3 is 2.15 bits per heavy atom. The largest absolute Gasteiger partial charge is 0.495 e. The summed E-state index contributed by atoms with van der Waals surface area (Å²) in [6.45, 7) is 5.03. The van der Waals surface area contributed by atoms with Crippen molar-refractivity contribution in [3.63, 3.8) is 0 Å². The average molecular weight is 586 g/mol. The maximum atomic E-state index is 14.1. The third kappa shape index (κ3) is 8.47. The van der Waals surface area contributed by atoms with Gasteiger partial charge in [-0.2, -0.15) is 0 Å². The van der Waals surface area contributed by atoms with E-state index >= 15 is 0 Å². The standard InChI is InChI=1S/C30H36ClN3O5S/c1-30(2,3)32-29(36)26(19-22-13-7-6-8-14-22)33(20-23-15-9-10-16-24(23)31)28(35)21-34(40(5,37)38)25-17-11-12-18-27(25)39-4/h6-18,26H,19-21H2,1-5H3,(H,32,36)/t26-/m1/s1. The van der Waals surface area contributed by atoms with Gasteiger partial charge in [-0.15, -0.1) is 0 Å². The number of hydrogen-bond acceptors (Lipinski definition) is 5. The fourth-order valence-corrected chi connectivity index (χ4v) is 5.30. The lowest BCUT2D eigenvalue weighted by Crippen LogP contribution is -2.56. The van der Waals surface area contributed by atoms with Crippen LogP contribution >= 0.6 is 11.6 Å². The summed E-state index contributed by atoms with van der Waals surface area (Å²) in [4.78, 5) is 29.3. The van der Waals surface area contributed by atoms with Crippen molar-refractivity contribution in [2.75, 3.05) is 24.2 Å². The molecule has 1 N–H and O–H groups in total. The van der Waals surface area contributed by atoms with Crippen LogP contribution in [0.5, 0.6) is 5.75 Å². The summed E-state index contributed by atoms with van der Waals surface area (Å²) in [5.74, 6) is -0.633. The number of para-hydroxylation sites is 2. The highest BCUT2D eigenvalue weighted by molar-refractivity contribution is 7.92. The Bertz CT molecular complexity index is 1420. The number of rotatable bonds is 11. The molecule has 0 saturated heterocycles. The van der Waals surface area contributed by atoms with Gasteiger partial charge in [0.15, 0.2) is 0 Å². The van der Waals surface area contributed by atoms with Crippen molar-refractivity contribution >= 4 is 39.1 Å². The van der Waals surface area contributed by atoms with E-state index in [1.54, 1.807) is 48.5 Å². The van der Waals surface area contributed by atoms with Crippen LogP contribution in [0.25, 0.3) is 0 Å². The van der Waals surface area contributed by atoms with Gasteiger partial charge in [-0.3, -0.25) is 13.9 Å². The number of anilines is 1. The topological polar surface area (TPSA) is 96.0 Å². The number of sulfonamides is 1. The summed E-state index contributed by atoms with van der Waals surface area (Å²) in [6.07, 6.45) is 1.24. The second kappa shape index (κ2) is 13.2. The lowest BCUT2D eigenvalue weighted by atomic mass is 10.0. The minimum atomic E-state index is -3.91. The first-order valence-corrected chi connectivity index (χ1v) is 15.0. The van der Waals surface area contributed by atoms with E-state index in [1.165, 1.54) is 12.0 Å². The van der Waals surface area contributed by atoms with Gasteiger partial charge in [0.25, 0.3) is 0 Å². The number of nitrogens with one attached hydrogen (secondary N) is 1. The molecule has 10 heteroatoms. The first-order valence-electron chi connectivity index (χ1n) is 12.8. The molecular formula is C30H36ClN3O5S. The van der Waals surface area contributed by atoms with Crippen molar-refractivity contribution in [1.29, 1.82) is 0 Å². The van der Waals surface area contributed by atoms with E-state index in [2.05, 4.69) is 5.32 Å². The van der Waals surface area contributed by atoms with Crippen LogP contribution in [0.15, 0.2) is 78.9 Å². The highest BCUT2D eigenvalue weighted by atomic mass is 35.5. The molecule has 0 aliphatic heterocycles. The van der Waals surface area contributed by atoms with Gasteiger partial charge in [-0.25, -0.2) is 8.42 Å². The highest BCUT2D eigenvalue weighted by Gasteiger charge is 2.35. The SMILES string of the molecule is COc1ccccc1N(CC(=O)N(Cc1ccccc1Cl)[C@H](Cc1ccccc1)C(=O)NC(C)(C)C)S(C)(=O)=O. The number of ether oxygens (including phenoxy) is 1. The van der Waals surface area contributed by atoms with E-state index in [9.17, 15) is 18.0 Å². The highest BCUT2D eigenvalue weighted by Crippen LogP contribution is 2.30. The minimum absolute atomic E-state index is 0.00288. The van der Waals surface area contributed by atoms with Gasteiger partial charge in [0.05, 0.1) is 19.1 Å².